The topological polar surface area (TPSA) is 124 Å². The Morgan fingerprint density at radius 3 is 2.31 bits per heavy atom. The number of ether oxygens (including phenoxy) is 2. The van der Waals surface area contributed by atoms with Gasteiger partial charge in [-0.25, -0.2) is 0 Å². The Bertz CT molecular complexity index is 1280. The molecule has 1 N–H and O–H groups in total. The molecule has 8 heteroatoms. The Hall–Kier alpha value is -2.77. The number of Topliss-reactive ketones (excluding diaryl/α,β-unsaturated/α-hetero) is 1. The third-order valence-corrected chi connectivity index (χ3v) is 13.2. The fourth-order valence-corrected chi connectivity index (χ4v) is 11.0. The zero-order chi connectivity index (χ0) is 31.2. The maximum atomic E-state index is 13.7. The minimum absolute atomic E-state index is 0.0263. The summed E-state index contributed by atoms with van der Waals surface area (Å²) in [5.41, 5.74) is -0.562. The molecule has 230 valence electrons. The summed E-state index contributed by atoms with van der Waals surface area (Å²) in [5.74, 6) is -3.86. The normalized spacial score (nSPS) is 43.4. The monoisotopic (exact) mass is 582 g/mol. The van der Waals surface area contributed by atoms with Crippen LogP contribution in [0.2, 0.25) is 0 Å². The van der Waals surface area contributed by atoms with Gasteiger partial charge in [0.2, 0.25) is 0 Å². The number of carboxylic acids is 1. The quantitative estimate of drug-likeness (QED) is 0.301. The van der Waals surface area contributed by atoms with Crippen LogP contribution in [0.3, 0.4) is 0 Å². The molecule has 8 nitrogen and oxygen atoms in total. The van der Waals surface area contributed by atoms with Crippen LogP contribution in [0.15, 0.2) is 24.3 Å². The molecule has 5 aliphatic rings. The van der Waals surface area contributed by atoms with Crippen molar-refractivity contribution in [2.24, 2.45) is 57.2 Å². The molecule has 0 aromatic heterocycles. The van der Waals surface area contributed by atoms with Crippen LogP contribution < -0.4 is 0 Å². The number of fused-ring (bicyclic) bond motifs is 2. The molecule has 42 heavy (non-hydrogen) atoms. The largest absolute Gasteiger partial charge is 0.481 e. The summed E-state index contributed by atoms with van der Waals surface area (Å²) in [6, 6.07) is 0. The molecule has 0 amide bonds. The van der Waals surface area contributed by atoms with Crippen LogP contribution in [0, 0.1) is 57.2 Å². The van der Waals surface area contributed by atoms with Crippen molar-refractivity contribution in [1.82, 2.24) is 0 Å². The van der Waals surface area contributed by atoms with E-state index in [1.54, 1.807) is 0 Å². The van der Waals surface area contributed by atoms with Crippen LogP contribution in [0.5, 0.6) is 0 Å². The maximum Gasteiger partial charge on any atom is 0.310 e. The van der Waals surface area contributed by atoms with Crippen molar-refractivity contribution in [3.05, 3.63) is 24.3 Å². The molecule has 0 aromatic carbocycles. The maximum absolute atomic E-state index is 13.7. The fourth-order valence-electron chi connectivity index (χ4n) is 11.0. The summed E-state index contributed by atoms with van der Waals surface area (Å²) in [7, 11) is 0. The predicted octanol–water partition coefficient (Wildman–Crippen LogP) is 5.34. The molecule has 12 atom stereocenters. The Morgan fingerprint density at radius 2 is 1.71 bits per heavy atom. The number of aliphatic carboxylic acids is 1. The second-order valence-electron chi connectivity index (χ2n) is 14.7. The summed E-state index contributed by atoms with van der Waals surface area (Å²) in [4.78, 5) is 62.7. The Balaban J connectivity index is 1.54. The average molecular weight is 583 g/mol. The first-order valence-electron chi connectivity index (χ1n) is 15.5. The first kappa shape index (κ1) is 30.7. The molecule has 4 fully saturated rings. The van der Waals surface area contributed by atoms with Crippen LogP contribution >= 0.6 is 0 Å². The lowest BCUT2D eigenvalue weighted by molar-refractivity contribution is -0.166. The van der Waals surface area contributed by atoms with Gasteiger partial charge < -0.3 is 14.6 Å². The summed E-state index contributed by atoms with van der Waals surface area (Å²) in [5, 5.41) is 9.53. The molecular weight excluding hydrogens is 536 g/mol. The van der Waals surface area contributed by atoms with Gasteiger partial charge in [0.15, 0.2) is 17.7 Å². The lowest BCUT2D eigenvalue weighted by Crippen LogP contribution is -2.56. The highest BCUT2D eigenvalue weighted by molar-refractivity contribution is 6.03. The van der Waals surface area contributed by atoms with Crippen LogP contribution in [0.25, 0.3) is 0 Å². The van der Waals surface area contributed by atoms with Crippen molar-refractivity contribution in [1.29, 1.82) is 0 Å². The molecule has 0 heterocycles. The summed E-state index contributed by atoms with van der Waals surface area (Å²) < 4.78 is 11.7. The van der Waals surface area contributed by atoms with Gasteiger partial charge in [-0.1, -0.05) is 40.3 Å². The first-order chi connectivity index (χ1) is 19.5. The number of carboxylic acid groups (broad SMARTS) is 1. The molecule has 0 radical (unpaired) electrons. The number of rotatable bonds is 8. The average Bonchev–Trinajstić information content (AvgIpc) is 3.52. The van der Waals surface area contributed by atoms with E-state index in [4.69, 9.17) is 9.47 Å². The van der Waals surface area contributed by atoms with E-state index >= 15 is 0 Å². The number of ketones is 2. The van der Waals surface area contributed by atoms with Gasteiger partial charge >= 0.3 is 17.9 Å². The molecular formula is C34H46O8. The van der Waals surface area contributed by atoms with Gasteiger partial charge in [0, 0.05) is 37.2 Å². The van der Waals surface area contributed by atoms with Crippen molar-refractivity contribution in [2.75, 3.05) is 0 Å². The SMILES string of the molecule is C=C(C(=O)[C@H](OC(C)=O)[C@@H](C)[C@H]1[C@@H](OC(C)=O)C[C@@]2(C)[C@@H]3CC[C@H]4[C@H](C)C(=O)C=C[C@@]45C[C@@]35CC[C@]12C)C(C)C(=O)O. The van der Waals surface area contributed by atoms with E-state index in [1.165, 1.54) is 20.8 Å². The minimum Gasteiger partial charge on any atom is -0.481 e. The predicted molar refractivity (Wildman–Crippen MR) is 154 cm³/mol. The second-order valence-corrected chi connectivity index (χ2v) is 14.7. The van der Waals surface area contributed by atoms with Gasteiger partial charge in [0.05, 0.1) is 5.92 Å². The molecule has 0 aromatic rings. The molecule has 1 unspecified atom stereocenters. The van der Waals surface area contributed by atoms with Crippen LogP contribution in [-0.4, -0.2) is 46.8 Å². The van der Waals surface area contributed by atoms with Gasteiger partial charge in [0.25, 0.3) is 0 Å². The van der Waals surface area contributed by atoms with Gasteiger partial charge in [-0.05, 0) is 85.0 Å². The number of hydrogen-bond acceptors (Lipinski definition) is 7. The molecule has 2 spiro atoms. The summed E-state index contributed by atoms with van der Waals surface area (Å²) >= 11 is 0. The van der Waals surface area contributed by atoms with E-state index in [0.717, 1.165) is 32.1 Å². The van der Waals surface area contributed by atoms with E-state index in [1.807, 2.05) is 13.0 Å². The van der Waals surface area contributed by atoms with Crippen LogP contribution in [0.1, 0.15) is 87.0 Å². The van der Waals surface area contributed by atoms with E-state index in [-0.39, 0.29) is 44.9 Å². The van der Waals surface area contributed by atoms with Gasteiger partial charge in [-0.15, -0.1) is 0 Å². The number of carbonyl (C=O) groups excluding carboxylic acids is 4. The van der Waals surface area contributed by atoms with Crippen molar-refractivity contribution in [3.8, 4) is 0 Å². The number of carbonyl (C=O) groups is 5. The highest BCUT2D eigenvalue weighted by atomic mass is 16.6. The second kappa shape index (κ2) is 9.88. The van der Waals surface area contributed by atoms with Crippen LogP contribution in [-0.2, 0) is 33.4 Å². The number of esters is 2. The Kier molecular flexibility index (Phi) is 7.22. The standard InChI is InChI=1S/C34H46O8/c1-17(18(2)30(39)40)28(38)29(42-22(6)36)20(4)27-25(41-21(5)35)15-32(8)26-10-9-23-19(3)24(37)11-12-33(23)16-34(26,33)14-13-31(27,32)7/h11-12,18-20,23,25-27,29H,1,9-10,13-16H2,2-8H3,(H,39,40)/t18?,19-,20-,23-,25-,26-,27-,29+,31+,32-,33+,34-/m0/s1. The Morgan fingerprint density at radius 1 is 1.05 bits per heavy atom. The molecule has 4 saturated carbocycles. The molecule has 5 rings (SSSR count). The fraction of sp³-hybridized carbons (Fsp3) is 0.735. The van der Waals surface area contributed by atoms with Gasteiger partial charge in [-0.2, -0.15) is 0 Å². The molecule has 0 aliphatic heterocycles. The van der Waals surface area contributed by atoms with Gasteiger partial charge in [-0.3, -0.25) is 24.0 Å². The third kappa shape index (κ3) is 4.02. The van der Waals surface area contributed by atoms with Crippen molar-refractivity contribution < 1.29 is 38.6 Å². The highest BCUT2D eigenvalue weighted by Gasteiger charge is 2.81. The van der Waals surface area contributed by atoms with E-state index in [9.17, 15) is 29.1 Å². The summed E-state index contributed by atoms with van der Waals surface area (Å²) in [6.45, 7) is 16.3. The van der Waals surface area contributed by atoms with Gasteiger partial charge in [0.1, 0.15) is 6.10 Å². The third-order valence-electron chi connectivity index (χ3n) is 13.2. The number of hydrogen-bond donors (Lipinski definition) is 1. The van der Waals surface area contributed by atoms with Crippen molar-refractivity contribution in [3.63, 3.8) is 0 Å². The lowest BCUT2D eigenvalue weighted by Gasteiger charge is -2.61. The van der Waals surface area contributed by atoms with E-state index < -0.39 is 47.7 Å². The smallest absolute Gasteiger partial charge is 0.310 e. The highest BCUT2D eigenvalue weighted by Crippen LogP contribution is 2.87. The first-order valence-corrected chi connectivity index (χ1v) is 15.5. The minimum atomic E-state index is -1.24. The molecule has 0 saturated heterocycles. The lowest BCUT2D eigenvalue weighted by atomic mass is 9.43. The van der Waals surface area contributed by atoms with E-state index in [2.05, 4.69) is 33.4 Å². The van der Waals surface area contributed by atoms with Crippen LogP contribution in [0.4, 0.5) is 0 Å². The summed E-state index contributed by atoms with van der Waals surface area (Å²) in [6.07, 6.45) is 7.83. The zero-order valence-electron chi connectivity index (χ0n) is 26.0. The van der Waals surface area contributed by atoms with Crippen molar-refractivity contribution >= 4 is 29.5 Å². The molecule has 0 bridgehead atoms. The van der Waals surface area contributed by atoms with E-state index in [0.29, 0.717) is 18.3 Å². The number of allylic oxidation sites excluding steroid dienone is 2. The van der Waals surface area contributed by atoms with Crippen molar-refractivity contribution in [2.45, 2.75) is 99.2 Å². The molecule has 5 aliphatic carbocycles. The zero-order valence-corrected chi connectivity index (χ0v) is 26.0. The Labute approximate surface area is 248 Å².